The number of nitrogens with two attached hydrogens (primary N) is 1. The van der Waals surface area contributed by atoms with E-state index in [2.05, 4.69) is 25.8 Å². The number of amidine groups is 1. The minimum atomic E-state index is 0.388. The second kappa shape index (κ2) is 10.9. The van der Waals surface area contributed by atoms with Crippen molar-refractivity contribution < 1.29 is 9.26 Å². The molecule has 6 nitrogen and oxygen atoms in total. The van der Waals surface area contributed by atoms with Crippen molar-refractivity contribution in [3.8, 4) is 0 Å². The highest BCUT2D eigenvalue weighted by Gasteiger charge is 2.20. The van der Waals surface area contributed by atoms with Gasteiger partial charge in [-0.2, -0.15) is 0 Å². The average molecular weight is 330 g/mol. The number of hydrogen-bond donors (Lipinski definition) is 1. The van der Waals surface area contributed by atoms with Crippen molar-refractivity contribution in [3.05, 3.63) is 24.2 Å². The topological polar surface area (TPSA) is 72.4 Å². The van der Waals surface area contributed by atoms with Crippen LogP contribution in [0, 0.1) is 0 Å². The van der Waals surface area contributed by atoms with Gasteiger partial charge in [-0.3, -0.25) is 0 Å². The van der Waals surface area contributed by atoms with E-state index in [0.717, 1.165) is 19.2 Å². The summed E-state index contributed by atoms with van der Waals surface area (Å²) < 4.78 is 11.0. The van der Waals surface area contributed by atoms with Crippen LogP contribution in [0.3, 0.4) is 0 Å². The molecule has 2 N–H and O–H groups in total. The number of hydrogen-bond acceptors (Lipinski definition) is 5. The lowest BCUT2D eigenvalue weighted by atomic mass is 10.3. The molecule has 118 valence electrons. The van der Waals surface area contributed by atoms with Crippen molar-refractivity contribution in [2.45, 2.75) is 13.3 Å². The summed E-state index contributed by atoms with van der Waals surface area (Å²) in [4.78, 5) is 10.4. The Morgan fingerprint density at radius 3 is 3.10 bits per heavy atom. The lowest BCUT2D eigenvalue weighted by Gasteiger charge is -2.15. The lowest BCUT2D eigenvalue weighted by Crippen LogP contribution is -2.30. The molecule has 0 amide bonds. The van der Waals surface area contributed by atoms with Gasteiger partial charge in [0.2, 0.25) is 0 Å². The highest BCUT2D eigenvalue weighted by molar-refractivity contribution is 7.31. The molecule has 0 saturated carbocycles. The zero-order valence-electron chi connectivity index (χ0n) is 12.4. The Morgan fingerprint density at radius 1 is 1.62 bits per heavy atom. The highest BCUT2D eigenvalue weighted by atomic mass is 31.1. The molecule has 1 aliphatic rings. The Balaban J connectivity index is 2.26. The third kappa shape index (κ3) is 6.66. The lowest BCUT2D eigenvalue weighted by molar-refractivity contribution is 0.167. The molecule has 2 unspecified atom stereocenters. The fraction of sp³-hybridized carbons (Fsp3) is 0.538. The van der Waals surface area contributed by atoms with Crippen LogP contribution in [0.25, 0.3) is 0 Å². The predicted molar refractivity (Wildman–Crippen MR) is 94.0 cm³/mol. The molecule has 0 fully saturated rings. The summed E-state index contributed by atoms with van der Waals surface area (Å²) in [5.41, 5.74) is 7.12. The molecule has 0 aromatic heterocycles. The normalized spacial score (nSPS) is 19.1. The summed E-state index contributed by atoms with van der Waals surface area (Å²) in [7, 11) is 3.07. The highest BCUT2D eigenvalue weighted by Crippen LogP contribution is 2.15. The Kier molecular flexibility index (Phi) is 9.44. The van der Waals surface area contributed by atoms with Crippen LogP contribution in [0.15, 0.2) is 34.2 Å². The quantitative estimate of drug-likeness (QED) is 0.491. The van der Waals surface area contributed by atoms with E-state index in [1.165, 1.54) is 6.20 Å². The zero-order valence-corrected chi connectivity index (χ0v) is 14.6. The Labute approximate surface area is 130 Å². The fourth-order valence-electron chi connectivity index (χ4n) is 1.59. The largest absolute Gasteiger partial charge is 0.400 e. The van der Waals surface area contributed by atoms with Crippen molar-refractivity contribution in [2.24, 2.45) is 15.7 Å². The molecule has 1 aliphatic heterocycles. The molecule has 2 atom stereocenters. The van der Waals surface area contributed by atoms with E-state index in [4.69, 9.17) is 15.0 Å². The first-order valence-electron chi connectivity index (χ1n) is 6.79. The van der Waals surface area contributed by atoms with Gasteiger partial charge in [-0.05, 0) is 19.5 Å². The molecule has 8 heteroatoms. The van der Waals surface area contributed by atoms with Crippen molar-refractivity contribution in [2.75, 3.05) is 32.3 Å². The van der Waals surface area contributed by atoms with Gasteiger partial charge in [0.05, 0.1) is 25.9 Å². The van der Waals surface area contributed by atoms with E-state index in [9.17, 15) is 0 Å². The van der Waals surface area contributed by atoms with Crippen LogP contribution < -0.4 is 5.73 Å². The number of allylic oxidation sites excluding steroid dienone is 1. The maximum atomic E-state index is 5.79. The van der Waals surface area contributed by atoms with Gasteiger partial charge in [-0.1, -0.05) is 6.58 Å². The summed E-state index contributed by atoms with van der Waals surface area (Å²) in [5.74, 6) is 0.716. The summed E-state index contributed by atoms with van der Waals surface area (Å²) >= 11 is 0. The van der Waals surface area contributed by atoms with E-state index in [0.29, 0.717) is 45.5 Å². The van der Waals surface area contributed by atoms with Crippen LogP contribution in [-0.2, 0) is 9.26 Å². The number of rotatable bonds is 10. The zero-order chi connectivity index (χ0) is 15.5. The van der Waals surface area contributed by atoms with Crippen molar-refractivity contribution in [1.82, 2.24) is 4.90 Å². The van der Waals surface area contributed by atoms with Crippen molar-refractivity contribution in [1.29, 1.82) is 0 Å². The molecule has 0 aliphatic carbocycles. The van der Waals surface area contributed by atoms with Crippen LogP contribution in [0.2, 0.25) is 0 Å². The van der Waals surface area contributed by atoms with E-state index >= 15 is 0 Å². The molecule has 0 aromatic rings. The Hall–Kier alpha value is -0.800. The van der Waals surface area contributed by atoms with Gasteiger partial charge in [0.1, 0.15) is 5.70 Å². The molecule has 0 spiro atoms. The molecule has 1 rings (SSSR count). The van der Waals surface area contributed by atoms with Crippen LogP contribution in [0.5, 0.6) is 0 Å². The van der Waals surface area contributed by atoms with Crippen LogP contribution in [0.1, 0.15) is 13.3 Å². The fourth-order valence-corrected chi connectivity index (χ4v) is 2.35. The van der Waals surface area contributed by atoms with Crippen molar-refractivity contribution >= 4 is 30.2 Å². The SMILES string of the molecule is C=C/N=C1\C(=C(/C)N)N=CN1CCOCPOCCCP. The first-order chi connectivity index (χ1) is 10.2. The average Bonchev–Trinajstić information content (AvgIpc) is 2.85. The van der Waals surface area contributed by atoms with Gasteiger partial charge in [-0.15, -0.1) is 9.24 Å². The van der Waals surface area contributed by atoms with E-state index in [1.807, 2.05) is 4.90 Å². The molecular formula is C13H24N4O2P2. The van der Waals surface area contributed by atoms with Crippen LogP contribution >= 0.6 is 18.0 Å². The van der Waals surface area contributed by atoms with Crippen LogP contribution in [-0.4, -0.2) is 49.3 Å². The molecule has 0 radical (unpaired) electrons. The molecule has 21 heavy (non-hydrogen) atoms. The minimum absolute atomic E-state index is 0.388. The maximum absolute atomic E-state index is 5.79. The van der Waals surface area contributed by atoms with Gasteiger partial charge in [0, 0.05) is 27.2 Å². The predicted octanol–water partition coefficient (Wildman–Crippen LogP) is 1.91. The van der Waals surface area contributed by atoms with E-state index in [-0.39, 0.29) is 0 Å². The van der Waals surface area contributed by atoms with Gasteiger partial charge in [-0.25, -0.2) is 9.98 Å². The van der Waals surface area contributed by atoms with E-state index in [1.54, 1.807) is 13.3 Å². The van der Waals surface area contributed by atoms with Gasteiger partial charge in [0.15, 0.2) is 5.84 Å². The van der Waals surface area contributed by atoms with Gasteiger partial charge < -0.3 is 19.9 Å². The van der Waals surface area contributed by atoms with E-state index < -0.39 is 0 Å². The number of ether oxygens (including phenoxy) is 1. The molecule has 0 bridgehead atoms. The second-order valence-electron chi connectivity index (χ2n) is 4.29. The smallest absolute Gasteiger partial charge is 0.161 e. The van der Waals surface area contributed by atoms with Gasteiger partial charge in [0.25, 0.3) is 0 Å². The summed E-state index contributed by atoms with van der Waals surface area (Å²) in [6, 6.07) is 0. The minimum Gasteiger partial charge on any atom is -0.400 e. The molecular weight excluding hydrogens is 306 g/mol. The molecule has 0 aromatic carbocycles. The second-order valence-corrected chi connectivity index (χ2v) is 5.74. The van der Waals surface area contributed by atoms with Crippen LogP contribution in [0.4, 0.5) is 0 Å². The molecule has 1 heterocycles. The summed E-state index contributed by atoms with van der Waals surface area (Å²) in [5, 5.41) is 0. The number of nitrogens with zero attached hydrogens (tertiary/aromatic N) is 3. The third-order valence-electron chi connectivity index (χ3n) is 2.59. The van der Waals surface area contributed by atoms with Gasteiger partial charge >= 0.3 is 0 Å². The standard InChI is InChI=1S/C13H24N4O2P2/c1-3-15-13-12(11(2)14)16-9-17(13)5-7-18-10-21-19-6-4-8-20/h3,9,21H,1,4-8,10,14,20H2,2H3/b12-11-,15-13+. The molecule has 0 saturated heterocycles. The summed E-state index contributed by atoms with van der Waals surface area (Å²) in [6.07, 6.45) is 5.96. The summed E-state index contributed by atoms with van der Waals surface area (Å²) in [6.45, 7) is 7.47. The monoisotopic (exact) mass is 330 g/mol. The van der Waals surface area contributed by atoms with Crippen molar-refractivity contribution in [3.63, 3.8) is 0 Å². The number of aliphatic imine (C=N–C) groups is 2. The Morgan fingerprint density at radius 2 is 2.43 bits per heavy atom. The first kappa shape index (κ1) is 18.2. The third-order valence-corrected chi connectivity index (χ3v) is 3.73. The first-order valence-corrected chi connectivity index (χ1v) is 8.72. The maximum Gasteiger partial charge on any atom is 0.161 e. The Bertz CT molecular complexity index is 420.